The lowest BCUT2D eigenvalue weighted by Gasteiger charge is -2.12. The number of aromatic nitrogens is 3. The number of nitrogens with zero attached hydrogens (tertiary/aromatic N) is 3. The summed E-state index contributed by atoms with van der Waals surface area (Å²) >= 11 is 2.88. The minimum atomic E-state index is -3.50. The molecule has 0 amide bonds. The molecule has 3 aromatic rings. The van der Waals surface area contributed by atoms with E-state index in [0.29, 0.717) is 16.6 Å². The van der Waals surface area contributed by atoms with Gasteiger partial charge in [0.1, 0.15) is 0 Å². The highest BCUT2D eigenvalue weighted by atomic mass is 32.2. The van der Waals surface area contributed by atoms with Crippen LogP contribution in [0.25, 0.3) is 10.2 Å². The van der Waals surface area contributed by atoms with Crippen molar-refractivity contribution in [3.8, 4) is 0 Å². The van der Waals surface area contributed by atoms with E-state index in [1.54, 1.807) is 36.3 Å². The Hall–Kier alpha value is -1.99. The van der Waals surface area contributed by atoms with Crippen LogP contribution in [0.15, 0.2) is 40.4 Å². The van der Waals surface area contributed by atoms with Crippen LogP contribution >= 0.6 is 23.1 Å². The van der Waals surface area contributed by atoms with Crippen molar-refractivity contribution < 1.29 is 13.5 Å². The fourth-order valence-electron chi connectivity index (χ4n) is 2.26. The molecule has 12 heteroatoms. The number of nitrogens with one attached hydrogen (secondary N) is 3. The van der Waals surface area contributed by atoms with Crippen LogP contribution in [0.1, 0.15) is 0 Å². The van der Waals surface area contributed by atoms with Gasteiger partial charge >= 0.3 is 0 Å². The minimum Gasteiger partial charge on any atom is -0.389 e. The van der Waals surface area contributed by atoms with Crippen LogP contribution in [0.5, 0.6) is 0 Å². The van der Waals surface area contributed by atoms with Gasteiger partial charge in [-0.15, -0.1) is 11.8 Å². The molecule has 9 nitrogen and oxygen atoms in total. The van der Waals surface area contributed by atoms with Crippen LogP contribution in [0.2, 0.25) is 0 Å². The number of anilines is 2. The maximum absolute atomic E-state index is 11.9. The van der Waals surface area contributed by atoms with Gasteiger partial charge in [0.05, 0.1) is 21.2 Å². The normalized spacial score (nSPS) is 12.8. The van der Waals surface area contributed by atoms with Gasteiger partial charge in [-0.05, 0) is 31.5 Å². The molecule has 0 fully saturated rings. The standard InChI is InChI=1S/C16H20N6O3S3/c1-17-28(24,25)12-3-4-13-14(5-12)27-16(22-13)21-7-10(23)6-18-15-19-8-11(26-2)9-20-15/h3-5,8-10,17,23H,6-7H2,1-2H3,(H,21,22)(H,18,19,20)/t10-/m0/s1. The Morgan fingerprint density at radius 3 is 2.61 bits per heavy atom. The van der Waals surface area contributed by atoms with Crippen LogP contribution in [0, 0.1) is 0 Å². The van der Waals surface area contributed by atoms with Crippen molar-refractivity contribution in [1.29, 1.82) is 0 Å². The molecule has 0 radical (unpaired) electrons. The first-order valence-electron chi connectivity index (χ1n) is 8.27. The summed E-state index contributed by atoms with van der Waals surface area (Å²) in [4.78, 5) is 13.9. The van der Waals surface area contributed by atoms with E-state index >= 15 is 0 Å². The molecule has 0 spiro atoms. The monoisotopic (exact) mass is 440 g/mol. The first kappa shape index (κ1) is 20.7. The number of rotatable bonds is 9. The van der Waals surface area contributed by atoms with Gasteiger partial charge in [-0.1, -0.05) is 11.3 Å². The molecule has 3 rings (SSSR count). The average molecular weight is 441 g/mol. The molecule has 0 unspecified atom stereocenters. The fourth-order valence-corrected chi connectivity index (χ4v) is 4.32. The van der Waals surface area contributed by atoms with Crippen molar-refractivity contribution in [3.05, 3.63) is 30.6 Å². The van der Waals surface area contributed by atoms with Crippen LogP contribution in [-0.2, 0) is 10.0 Å². The molecule has 28 heavy (non-hydrogen) atoms. The number of benzene rings is 1. The first-order valence-corrected chi connectivity index (χ1v) is 11.8. The second kappa shape index (κ2) is 9.01. The molecule has 150 valence electrons. The second-order valence-corrected chi connectivity index (χ2v) is 9.52. The quantitative estimate of drug-likeness (QED) is 0.367. The summed E-state index contributed by atoms with van der Waals surface area (Å²) in [5.41, 5.74) is 0.692. The molecule has 1 atom stereocenters. The lowest BCUT2D eigenvalue weighted by molar-refractivity contribution is 0.200. The molecule has 2 aromatic heterocycles. The predicted octanol–water partition coefficient (Wildman–Crippen LogP) is 1.60. The first-order chi connectivity index (χ1) is 13.4. The molecule has 0 saturated heterocycles. The molecular formula is C16H20N6O3S3. The Kier molecular flexibility index (Phi) is 6.67. The molecular weight excluding hydrogens is 420 g/mol. The third-order valence-electron chi connectivity index (χ3n) is 3.79. The fraction of sp³-hybridized carbons (Fsp3) is 0.312. The molecule has 4 N–H and O–H groups in total. The third kappa shape index (κ3) is 5.08. The van der Waals surface area contributed by atoms with Crippen molar-refractivity contribution in [2.24, 2.45) is 0 Å². The molecule has 0 bridgehead atoms. The SMILES string of the molecule is CNS(=O)(=O)c1ccc2nc(NC[C@@H](O)CNc3ncc(SC)cn3)sc2c1. The zero-order chi connectivity index (χ0) is 20.1. The van der Waals surface area contributed by atoms with Gasteiger partial charge in [0.15, 0.2) is 5.13 Å². The van der Waals surface area contributed by atoms with Gasteiger partial charge in [-0.3, -0.25) is 0 Å². The molecule has 2 heterocycles. The van der Waals surface area contributed by atoms with Gasteiger partial charge in [0, 0.05) is 30.4 Å². The predicted molar refractivity (Wildman–Crippen MR) is 113 cm³/mol. The van der Waals surface area contributed by atoms with Gasteiger partial charge < -0.3 is 15.7 Å². The van der Waals surface area contributed by atoms with Crippen molar-refractivity contribution >= 4 is 54.4 Å². The number of aliphatic hydroxyl groups excluding tert-OH is 1. The number of aliphatic hydroxyl groups is 1. The Morgan fingerprint density at radius 1 is 1.21 bits per heavy atom. The topological polar surface area (TPSA) is 129 Å². The van der Waals surface area contributed by atoms with Crippen LogP contribution in [0.3, 0.4) is 0 Å². The lowest BCUT2D eigenvalue weighted by Crippen LogP contribution is -2.28. The van der Waals surface area contributed by atoms with E-state index < -0.39 is 16.1 Å². The van der Waals surface area contributed by atoms with Crippen molar-refractivity contribution in [1.82, 2.24) is 19.7 Å². The van der Waals surface area contributed by atoms with Crippen molar-refractivity contribution in [2.45, 2.75) is 15.9 Å². The minimum absolute atomic E-state index is 0.189. The van der Waals surface area contributed by atoms with Crippen LogP contribution < -0.4 is 15.4 Å². The van der Waals surface area contributed by atoms with Crippen molar-refractivity contribution in [3.63, 3.8) is 0 Å². The Balaban J connectivity index is 1.56. The lowest BCUT2D eigenvalue weighted by atomic mass is 10.3. The van der Waals surface area contributed by atoms with E-state index in [1.807, 2.05) is 6.26 Å². The average Bonchev–Trinajstić information content (AvgIpc) is 3.13. The number of hydrogen-bond donors (Lipinski definition) is 4. The van der Waals surface area contributed by atoms with Gasteiger partial charge in [-0.25, -0.2) is 28.1 Å². The summed E-state index contributed by atoms with van der Waals surface area (Å²) in [5.74, 6) is 0.454. The Morgan fingerprint density at radius 2 is 1.93 bits per heavy atom. The summed E-state index contributed by atoms with van der Waals surface area (Å²) in [6.07, 6.45) is 4.70. The number of fused-ring (bicyclic) bond motifs is 1. The summed E-state index contributed by atoms with van der Waals surface area (Å²) in [5, 5.41) is 16.8. The number of sulfonamides is 1. The molecule has 1 aromatic carbocycles. The molecule has 0 aliphatic heterocycles. The third-order valence-corrected chi connectivity index (χ3v) is 6.86. The highest BCUT2D eigenvalue weighted by Crippen LogP contribution is 2.28. The van der Waals surface area contributed by atoms with Crippen LogP contribution in [-0.4, -0.2) is 61.0 Å². The number of thioether (sulfide) groups is 1. The van der Waals surface area contributed by atoms with E-state index in [0.717, 1.165) is 9.60 Å². The van der Waals surface area contributed by atoms with E-state index in [2.05, 4.69) is 30.3 Å². The number of hydrogen-bond acceptors (Lipinski definition) is 10. The van der Waals surface area contributed by atoms with Gasteiger partial charge in [0.2, 0.25) is 16.0 Å². The smallest absolute Gasteiger partial charge is 0.240 e. The maximum Gasteiger partial charge on any atom is 0.240 e. The maximum atomic E-state index is 11.9. The van der Waals surface area contributed by atoms with E-state index in [9.17, 15) is 13.5 Å². The van der Waals surface area contributed by atoms with Crippen LogP contribution in [0.4, 0.5) is 11.1 Å². The summed E-state index contributed by atoms with van der Waals surface area (Å²) < 4.78 is 26.8. The van der Waals surface area contributed by atoms with E-state index in [1.165, 1.54) is 24.5 Å². The van der Waals surface area contributed by atoms with Crippen molar-refractivity contribution in [2.75, 3.05) is 37.0 Å². The van der Waals surface area contributed by atoms with E-state index in [-0.39, 0.29) is 18.0 Å². The second-order valence-electron chi connectivity index (χ2n) is 5.72. The zero-order valence-electron chi connectivity index (χ0n) is 15.2. The molecule has 0 saturated carbocycles. The Bertz CT molecular complexity index is 1040. The summed E-state index contributed by atoms with van der Waals surface area (Å²) in [6, 6.07) is 4.76. The number of thiazole rings is 1. The Labute approximate surface area is 171 Å². The van der Waals surface area contributed by atoms with E-state index in [4.69, 9.17) is 0 Å². The highest BCUT2D eigenvalue weighted by molar-refractivity contribution is 7.98. The largest absolute Gasteiger partial charge is 0.389 e. The molecule has 0 aliphatic rings. The zero-order valence-corrected chi connectivity index (χ0v) is 17.7. The molecule has 0 aliphatic carbocycles. The highest BCUT2D eigenvalue weighted by Gasteiger charge is 2.14. The van der Waals surface area contributed by atoms with Gasteiger partial charge in [0.25, 0.3) is 0 Å². The summed E-state index contributed by atoms with van der Waals surface area (Å²) in [6.45, 7) is 0.554. The van der Waals surface area contributed by atoms with Gasteiger partial charge in [-0.2, -0.15) is 0 Å². The summed E-state index contributed by atoms with van der Waals surface area (Å²) in [7, 11) is -2.13.